The van der Waals surface area contributed by atoms with Gasteiger partial charge in [0.2, 0.25) is 5.91 Å². The van der Waals surface area contributed by atoms with Gasteiger partial charge in [-0.15, -0.1) is 11.3 Å². The van der Waals surface area contributed by atoms with Crippen LogP contribution in [0.15, 0.2) is 66.0 Å². The van der Waals surface area contributed by atoms with Gasteiger partial charge in [0.05, 0.1) is 4.88 Å². The maximum Gasteiger partial charge on any atom is 0.262 e. The van der Waals surface area contributed by atoms with E-state index < -0.39 is 6.04 Å². The van der Waals surface area contributed by atoms with Gasteiger partial charge < -0.3 is 19.7 Å². The monoisotopic (exact) mass is 450 g/mol. The second kappa shape index (κ2) is 10.3. The lowest BCUT2D eigenvalue weighted by atomic mass is 10.0. The molecule has 0 aliphatic carbocycles. The van der Waals surface area contributed by atoms with E-state index in [1.165, 1.54) is 11.3 Å². The van der Waals surface area contributed by atoms with Gasteiger partial charge in [-0.2, -0.15) is 0 Å². The Bertz CT molecular complexity index is 1050. The summed E-state index contributed by atoms with van der Waals surface area (Å²) in [5.74, 6) is 1.02. The van der Waals surface area contributed by atoms with Crippen LogP contribution < -0.4 is 14.8 Å². The number of fused-ring (bicyclic) bond motifs is 1. The molecular formula is C25H26N2O4S. The van der Waals surface area contributed by atoms with Crippen molar-refractivity contribution in [3.8, 4) is 11.5 Å². The van der Waals surface area contributed by atoms with Crippen molar-refractivity contribution in [2.75, 3.05) is 19.8 Å². The largest absolute Gasteiger partial charge is 0.486 e. The van der Waals surface area contributed by atoms with Gasteiger partial charge in [0.1, 0.15) is 19.3 Å². The molecule has 0 saturated carbocycles. The van der Waals surface area contributed by atoms with Crippen LogP contribution in [0.1, 0.15) is 27.7 Å². The summed E-state index contributed by atoms with van der Waals surface area (Å²) in [6.07, 6.45) is 0.416. The zero-order chi connectivity index (χ0) is 22.3. The van der Waals surface area contributed by atoms with Gasteiger partial charge in [0, 0.05) is 25.1 Å². The minimum atomic E-state index is -0.677. The van der Waals surface area contributed by atoms with E-state index in [1.807, 2.05) is 66.9 Å². The molecule has 1 unspecified atom stereocenters. The predicted molar refractivity (Wildman–Crippen MR) is 124 cm³/mol. The van der Waals surface area contributed by atoms with Crippen LogP contribution >= 0.6 is 11.3 Å². The maximum absolute atomic E-state index is 13.6. The highest BCUT2D eigenvalue weighted by atomic mass is 32.1. The molecule has 2 amide bonds. The van der Waals surface area contributed by atoms with Crippen LogP contribution in [0.4, 0.5) is 0 Å². The van der Waals surface area contributed by atoms with Crippen LogP contribution in [0, 0.1) is 0 Å². The molecule has 6 nitrogen and oxygen atoms in total. The fraction of sp³-hybridized carbons (Fsp3) is 0.280. The fourth-order valence-electron chi connectivity index (χ4n) is 3.72. The van der Waals surface area contributed by atoms with Crippen molar-refractivity contribution in [3.05, 3.63) is 82.0 Å². The van der Waals surface area contributed by atoms with E-state index in [-0.39, 0.29) is 11.8 Å². The van der Waals surface area contributed by atoms with Crippen LogP contribution in [0.25, 0.3) is 0 Å². The number of carbonyl (C=O) groups excluding carboxylic acids is 2. The first kappa shape index (κ1) is 21.9. The molecule has 1 atom stereocenters. The number of hydrogen-bond acceptors (Lipinski definition) is 5. The number of nitrogens with one attached hydrogen (secondary N) is 1. The van der Waals surface area contributed by atoms with E-state index in [0.717, 1.165) is 11.1 Å². The summed E-state index contributed by atoms with van der Waals surface area (Å²) in [5.41, 5.74) is 1.88. The van der Waals surface area contributed by atoms with Crippen molar-refractivity contribution in [2.45, 2.75) is 25.9 Å². The molecule has 2 heterocycles. The number of nitrogens with zero attached hydrogens (tertiary/aromatic N) is 1. The minimum Gasteiger partial charge on any atom is -0.486 e. The molecule has 7 heteroatoms. The number of carbonyl (C=O) groups is 2. The first-order chi connectivity index (χ1) is 15.7. The molecule has 0 bridgehead atoms. The quantitative estimate of drug-likeness (QED) is 0.565. The van der Waals surface area contributed by atoms with Crippen molar-refractivity contribution >= 4 is 23.2 Å². The smallest absolute Gasteiger partial charge is 0.262 e. The summed E-state index contributed by atoms with van der Waals surface area (Å²) in [6, 6.07) is 18.4. The first-order valence-corrected chi connectivity index (χ1v) is 11.6. The van der Waals surface area contributed by atoms with E-state index in [9.17, 15) is 9.59 Å². The Morgan fingerprint density at radius 2 is 1.84 bits per heavy atom. The molecule has 32 heavy (non-hydrogen) atoms. The van der Waals surface area contributed by atoms with Gasteiger partial charge in [-0.25, -0.2) is 0 Å². The fourth-order valence-corrected chi connectivity index (χ4v) is 4.34. The summed E-state index contributed by atoms with van der Waals surface area (Å²) in [5, 5.41) is 4.80. The van der Waals surface area contributed by atoms with E-state index >= 15 is 0 Å². The molecule has 2 aromatic carbocycles. The standard InChI is InChI=1S/C25H26N2O4S/c1-2-27(17-19-10-6-11-21-23(19)31-14-13-30-21)25(29)20(16-18-8-4-3-5-9-18)26-24(28)22-12-7-15-32-22/h3-12,15,20H,2,13-14,16-17H2,1H3,(H,26,28). The molecule has 1 aliphatic heterocycles. The normalized spacial score (nSPS) is 13.3. The van der Waals surface area contributed by atoms with Crippen molar-refractivity contribution in [1.82, 2.24) is 10.2 Å². The van der Waals surface area contributed by atoms with Crippen molar-refractivity contribution in [1.29, 1.82) is 0 Å². The molecule has 1 N–H and O–H groups in total. The van der Waals surface area contributed by atoms with Crippen LogP contribution in [0.2, 0.25) is 0 Å². The second-order valence-corrected chi connectivity index (χ2v) is 8.43. The molecule has 0 radical (unpaired) electrons. The maximum atomic E-state index is 13.6. The SMILES string of the molecule is CCN(Cc1cccc2c1OCCO2)C(=O)C(Cc1ccccc1)NC(=O)c1cccs1. The average Bonchev–Trinajstić information content (AvgIpc) is 3.38. The summed E-state index contributed by atoms with van der Waals surface area (Å²) >= 11 is 1.36. The molecule has 0 saturated heterocycles. The lowest BCUT2D eigenvalue weighted by Gasteiger charge is -2.29. The van der Waals surface area contributed by atoms with Gasteiger partial charge in [0.25, 0.3) is 5.91 Å². The predicted octanol–water partition coefficient (Wildman–Crippen LogP) is 3.91. The first-order valence-electron chi connectivity index (χ1n) is 10.7. The van der Waals surface area contributed by atoms with Gasteiger partial charge in [-0.3, -0.25) is 9.59 Å². The van der Waals surface area contributed by atoms with E-state index in [1.54, 1.807) is 11.0 Å². The number of rotatable bonds is 8. The molecule has 0 spiro atoms. The molecule has 3 aromatic rings. The number of benzene rings is 2. The summed E-state index contributed by atoms with van der Waals surface area (Å²) < 4.78 is 11.5. The van der Waals surface area contributed by atoms with E-state index in [2.05, 4.69) is 5.32 Å². The Morgan fingerprint density at radius 1 is 1.03 bits per heavy atom. The van der Waals surface area contributed by atoms with Crippen LogP contribution in [0.5, 0.6) is 11.5 Å². The van der Waals surface area contributed by atoms with Crippen LogP contribution in [0.3, 0.4) is 0 Å². The summed E-state index contributed by atoms with van der Waals surface area (Å²) in [7, 11) is 0. The Kier molecular flexibility index (Phi) is 7.07. The highest BCUT2D eigenvalue weighted by Crippen LogP contribution is 2.34. The molecule has 166 valence electrons. The van der Waals surface area contributed by atoms with Crippen molar-refractivity contribution in [2.24, 2.45) is 0 Å². The number of hydrogen-bond donors (Lipinski definition) is 1. The molecule has 4 rings (SSSR count). The van der Waals surface area contributed by atoms with Crippen LogP contribution in [-0.2, 0) is 17.8 Å². The molecular weight excluding hydrogens is 424 g/mol. The minimum absolute atomic E-state index is 0.129. The van der Waals surface area contributed by atoms with E-state index in [0.29, 0.717) is 49.1 Å². The van der Waals surface area contributed by atoms with Gasteiger partial charge in [-0.1, -0.05) is 48.5 Å². The lowest BCUT2D eigenvalue weighted by Crippen LogP contribution is -2.49. The topological polar surface area (TPSA) is 67.9 Å². The molecule has 1 aliphatic rings. The van der Waals surface area contributed by atoms with E-state index in [4.69, 9.17) is 9.47 Å². The van der Waals surface area contributed by atoms with Crippen molar-refractivity contribution < 1.29 is 19.1 Å². The van der Waals surface area contributed by atoms with Crippen molar-refractivity contribution in [3.63, 3.8) is 0 Å². The number of amides is 2. The Hall–Kier alpha value is -3.32. The molecule has 0 fully saturated rings. The average molecular weight is 451 g/mol. The highest BCUT2D eigenvalue weighted by molar-refractivity contribution is 7.12. The van der Waals surface area contributed by atoms with Gasteiger partial charge in [0.15, 0.2) is 11.5 Å². The third kappa shape index (κ3) is 5.11. The highest BCUT2D eigenvalue weighted by Gasteiger charge is 2.28. The number of ether oxygens (including phenoxy) is 2. The summed E-state index contributed by atoms with van der Waals surface area (Å²) in [4.78, 5) is 28.7. The van der Waals surface area contributed by atoms with Crippen LogP contribution in [-0.4, -0.2) is 42.5 Å². The zero-order valence-electron chi connectivity index (χ0n) is 18.0. The number of thiophene rings is 1. The Balaban J connectivity index is 1.56. The molecule has 1 aromatic heterocycles. The zero-order valence-corrected chi connectivity index (χ0v) is 18.8. The third-order valence-corrected chi connectivity index (χ3v) is 6.20. The lowest BCUT2D eigenvalue weighted by molar-refractivity contribution is -0.133. The van der Waals surface area contributed by atoms with Gasteiger partial charge >= 0.3 is 0 Å². The number of likely N-dealkylation sites (N-methyl/N-ethyl adjacent to an activating group) is 1. The Labute approximate surface area is 191 Å². The Morgan fingerprint density at radius 3 is 2.59 bits per heavy atom. The number of para-hydroxylation sites is 1. The second-order valence-electron chi connectivity index (χ2n) is 7.49. The summed E-state index contributed by atoms with van der Waals surface area (Å²) in [6.45, 7) is 3.81. The van der Waals surface area contributed by atoms with Gasteiger partial charge in [-0.05, 0) is 30.0 Å². The third-order valence-electron chi connectivity index (χ3n) is 5.33.